The number of anilines is 1. The standard InChI is InChI=1S/C14H24N4O2/c1-9(10-5-6-10)15-7-11-8-16-18-12(11)17-13(19)20-14(2,3)4/h8-10,15H,5-7H2,1-4H3,(H2,16,17,18,19). The van der Waals surface area contributed by atoms with Crippen LogP contribution >= 0.6 is 0 Å². The molecule has 1 fully saturated rings. The molecule has 0 radical (unpaired) electrons. The molecule has 0 saturated heterocycles. The minimum Gasteiger partial charge on any atom is -0.444 e. The number of nitrogens with zero attached hydrogens (tertiary/aromatic N) is 1. The minimum absolute atomic E-state index is 0.474. The van der Waals surface area contributed by atoms with Gasteiger partial charge in [-0.25, -0.2) is 4.79 Å². The third-order valence-corrected chi connectivity index (χ3v) is 3.29. The van der Waals surface area contributed by atoms with Crippen molar-refractivity contribution in [3.8, 4) is 0 Å². The molecule has 3 N–H and O–H groups in total. The Morgan fingerprint density at radius 1 is 1.55 bits per heavy atom. The smallest absolute Gasteiger partial charge is 0.413 e. The van der Waals surface area contributed by atoms with Gasteiger partial charge in [0.2, 0.25) is 0 Å². The van der Waals surface area contributed by atoms with Gasteiger partial charge in [0.05, 0.1) is 6.20 Å². The van der Waals surface area contributed by atoms with Gasteiger partial charge >= 0.3 is 6.09 Å². The van der Waals surface area contributed by atoms with Crippen LogP contribution in [-0.2, 0) is 11.3 Å². The normalized spacial score (nSPS) is 16.8. The number of carbonyl (C=O) groups excluding carboxylic acids is 1. The first kappa shape index (κ1) is 14.8. The summed E-state index contributed by atoms with van der Waals surface area (Å²) in [6.45, 7) is 8.37. The molecule has 20 heavy (non-hydrogen) atoms. The molecule has 1 atom stereocenters. The van der Waals surface area contributed by atoms with Crippen molar-refractivity contribution in [2.24, 2.45) is 5.92 Å². The molecule has 1 aliphatic carbocycles. The van der Waals surface area contributed by atoms with E-state index in [0.29, 0.717) is 18.4 Å². The molecule has 112 valence electrons. The second-order valence-electron chi connectivity index (χ2n) is 6.40. The first-order chi connectivity index (χ1) is 9.35. The van der Waals surface area contributed by atoms with Crippen LogP contribution in [0.5, 0.6) is 0 Å². The molecular weight excluding hydrogens is 256 g/mol. The Bertz CT molecular complexity index is 460. The van der Waals surface area contributed by atoms with E-state index in [1.54, 1.807) is 6.20 Å². The lowest BCUT2D eigenvalue weighted by atomic mass is 10.2. The number of carbonyl (C=O) groups is 1. The summed E-state index contributed by atoms with van der Waals surface area (Å²) < 4.78 is 5.22. The summed E-state index contributed by atoms with van der Waals surface area (Å²) in [4.78, 5) is 11.7. The quantitative estimate of drug-likeness (QED) is 0.774. The van der Waals surface area contributed by atoms with Crippen molar-refractivity contribution in [1.29, 1.82) is 0 Å². The zero-order valence-electron chi connectivity index (χ0n) is 12.6. The monoisotopic (exact) mass is 280 g/mol. The van der Waals surface area contributed by atoms with E-state index < -0.39 is 11.7 Å². The van der Waals surface area contributed by atoms with Crippen molar-refractivity contribution in [2.45, 2.75) is 58.7 Å². The van der Waals surface area contributed by atoms with Crippen LogP contribution < -0.4 is 10.6 Å². The number of nitrogens with one attached hydrogen (secondary N) is 3. The predicted molar refractivity (Wildman–Crippen MR) is 77.5 cm³/mol. The number of ether oxygens (including phenoxy) is 1. The summed E-state index contributed by atoms with van der Waals surface area (Å²) in [5.74, 6) is 1.39. The Kier molecular flexibility index (Phi) is 4.32. The van der Waals surface area contributed by atoms with Crippen molar-refractivity contribution >= 4 is 11.9 Å². The van der Waals surface area contributed by atoms with E-state index in [1.165, 1.54) is 12.8 Å². The number of rotatable bonds is 5. The summed E-state index contributed by atoms with van der Waals surface area (Å²) in [6, 6.07) is 0.499. The van der Waals surface area contributed by atoms with Gasteiger partial charge < -0.3 is 10.1 Å². The maximum Gasteiger partial charge on any atom is 0.413 e. The minimum atomic E-state index is -0.511. The summed E-state index contributed by atoms with van der Waals surface area (Å²) in [5.41, 5.74) is 0.423. The van der Waals surface area contributed by atoms with Crippen LogP contribution in [0.25, 0.3) is 0 Å². The molecule has 0 spiro atoms. The van der Waals surface area contributed by atoms with Gasteiger partial charge in [0.15, 0.2) is 0 Å². The molecule has 0 bridgehead atoms. The number of hydrogen-bond acceptors (Lipinski definition) is 4. The van der Waals surface area contributed by atoms with Crippen LogP contribution in [0.3, 0.4) is 0 Å². The first-order valence-corrected chi connectivity index (χ1v) is 7.11. The number of aromatic nitrogens is 2. The van der Waals surface area contributed by atoms with Gasteiger partial charge in [-0.2, -0.15) is 5.10 Å². The summed E-state index contributed by atoms with van der Waals surface area (Å²) in [5, 5.41) is 12.9. The molecule has 1 saturated carbocycles. The van der Waals surface area contributed by atoms with E-state index in [9.17, 15) is 4.79 Å². The van der Waals surface area contributed by atoms with Crippen molar-refractivity contribution < 1.29 is 9.53 Å². The Balaban J connectivity index is 1.86. The number of aromatic amines is 1. The average Bonchev–Trinajstić information content (AvgIpc) is 3.07. The zero-order valence-corrected chi connectivity index (χ0v) is 12.6. The van der Waals surface area contributed by atoms with E-state index in [2.05, 4.69) is 27.8 Å². The fraction of sp³-hybridized carbons (Fsp3) is 0.714. The van der Waals surface area contributed by atoms with Crippen molar-refractivity contribution in [2.75, 3.05) is 5.32 Å². The zero-order chi connectivity index (χ0) is 14.8. The molecule has 1 unspecified atom stereocenters. The van der Waals surface area contributed by atoms with Crippen LogP contribution in [0.2, 0.25) is 0 Å². The molecule has 0 aliphatic heterocycles. The van der Waals surface area contributed by atoms with Gasteiger partial charge in [0.25, 0.3) is 0 Å². The second kappa shape index (κ2) is 5.83. The van der Waals surface area contributed by atoms with E-state index in [0.717, 1.165) is 11.5 Å². The van der Waals surface area contributed by atoms with Crippen molar-refractivity contribution in [1.82, 2.24) is 15.5 Å². The van der Waals surface area contributed by atoms with E-state index in [1.807, 2.05) is 20.8 Å². The van der Waals surface area contributed by atoms with Crippen LogP contribution in [0.1, 0.15) is 46.1 Å². The molecule has 6 heteroatoms. The third-order valence-electron chi connectivity index (χ3n) is 3.29. The van der Waals surface area contributed by atoms with Gasteiger partial charge in [-0.1, -0.05) is 0 Å². The molecule has 1 aliphatic rings. The topological polar surface area (TPSA) is 79.0 Å². The highest BCUT2D eigenvalue weighted by atomic mass is 16.6. The Morgan fingerprint density at radius 2 is 2.25 bits per heavy atom. The molecule has 0 aromatic carbocycles. The van der Waals surface area contributed by atoms with Crippen LogP contribution in [0, 0.1) is 5.92 Å². The molecule has 1 aromatic heterocycles. The fourth-order valence-corrected chi connectivity index (χ4v) is 1.99. The van der Waals surface area contributed by atoms with E-state index >= 15 is 0 Å². The van der Waals surface area contributed by atoms with E-state index in [4.69, 9.17) is 4.74 Å². The summed E-state index contributed by atoms with van der Waals surface area (Å²) >= 11 is 0. The molecule has 6 nitrogen and oxygen atoms in total. The molecule has 1 amide bonds. The van der Waals surface area contributed by atoms with Gasteiger partial charge in [-0.05, 0) is 46.5 Å². The van der Waals surface area contributed by atoms with Gasteiger partial charge in [-0.15, -0.1) is 0 Å². The van der Waals surface area contributed by atoms with Crippen molar-refractivity contribution in [3.63, 3.8) is 0 Å². The maximum absolute atomic E-state index is 11.7. The molecular formula is C14H24N4O2. The summed E-state index contributed by atoms with van der Waals surface area (Å²) in [7, 11) is 0. The highest BCUT2D eigenvalue weighted by molar-refractivity contribution is 5.84. The van der Waals surface area contributed by atoms with Crippen molar-refractivity contribution in [3.05, 3.63) is 11.8 Å². The largest absolute Gasteiger partial charge is 0.444 e. The van der Waals surface area contributed by atoms with E-state index in [-0.39, 0.29) is 0 Å². The lowest BCUT2D eigenvalue weighted by molar-refractivity contribution is 0.0635. The number of H-pyrrole nitrogens is 1. The Labute approximate surface area is 119 Å². The Hall–Kier alpha value is -1.56. The Morgan fingerprint density at radius 3 is 2.85 bits per heavy atom. The summed E-state index contributed by atoms with van der Waals surface area (Å²) in [6.07, 6.45) is 3.86. The third kappa shape index (κ3) is 4.52. The van der Waals surface area contributed by atoms with Gasteiger partial charge in [0, 0.05) is 18.2 Å². The number of amides is 1. The fourth-order valence-electron chi connectivity index (χ4n) is 1.99. The second-order valence-corrected chi connectivity index (χ2v) is 6.40. The number of hydrogen-bond donors (Lipinski definition) is 3. The highest BCUT2D eigenvalue weighted by Gasteiger charge is 2.27. The van der Waals surface area contributed by atoms with Crippen LogP contribution in [-0.4, -0.2) is 27.9 Å². The van der Waals surface area contributed by atoms with Gasteiger partial charge in [-0.3, -0.25) is 10.4 Å². The lowest BCUT2D eigenvalue weighted by Gasteiger charge is -2.19. The van der Waals surface area contributed by atoms with Crippen LogP contribution in [0.4, 0.5) is 10.6 Å². The molecule has 2 rings (SSSR count). The van der Waals surface area contributed by atoms with Gasteiger partial charge in [0.1, 0.15) is 11.4 Å². The lowest BCUT2D eigenvalue weighted by Crippen LogP contribution is -2.29. The molecule has 1 heterocycles. The molecule has 1 aromatic rings. The highest BCUT2D eigenvalue weighted by Crippen LogP contribution is 2.32. The predicted octanol–water partition coefficient (Wildman–Crippen LogP) is 2.64. The van der Waals surface area contributed by atoms with Crippen LogP contribution in [0.15, 0.2) is 6.20 Å². The maximum atomic E-state index is 11.7. The first-order valence-electron chi connectivity index (χ1n) is 7.11. The SMILES string of the molecule is CC(NCc1cn[nH]c1NC(=O)OC(C)(C)C)C1CC1. The average molecular weight is 280 g/mol.